The zero-order chi connectivity index (χ0) is 42.6. The highest BCUT2D eigenvalue weighted by molar-refractivity contribution is 6.09. The van der Waals surface area contributed by atoms with Gasteiger partial charge >= 0.3 is 0 Å². The molecular weight excluding hydrogens is 775 g/mol. The topological polar surface area (TPSA) is 25.2 Å². The van der Waals surface area contributed by atoms with Crippen molar-refractivity contribution in [1.82, 2.24) is 0 Å². The van der Waals surface area contributed by atoms with Gasteiger partial charge in [0.05, 0.1) is 5.41 Å². The van der Waals surface area contributed by atoms with Crippen molar-refractivity contribution in [2.75, 3.05) is 5.32 Å². The molecule has 64 heavy (non-hydrogen) atoms. The van der Waals surface area contributed by atoms with Gasteiger partial charge in [-0.15, -0.1) is 0 Å². The molecule has 0 aliphatic heterocycles. The van der Waals surface area contributed by atoms with Gasteiger partial charge in [-0.3, -0.25) is 0 Å². The second kappa shape index (κ2) is 13.8. The lowest BCUT2D eigenvalue weighted by atomic mass is 9.67. The quantitative estimate of drug-likeness (QED) is 0.181. The molecule has 10 aromatic carbocycles. The summed E-state index contributed by atoms with van der Waals surface area (Å²) in [6.07, 6.45) is 0. The second-order valence-electron chi connectivity index (χ2n) is 18.0. The number of furan rings is 1. The van der Waals surface area contributed by atoms with Crippen molar-refractivity contribution in [2.24, 2.45) is 0 Å². The van der Waals surface area contributed by atoms with E-state index < -0.39 is 5.41 Å². The van der Waals surface area contributed by atoms with Crippen molar-refractivity contribution in [3.63, 3.8) is 0 Å². The highest BCUT2D eigenvalue weighted by Crippen LogP contribution is 2.59. The molecule has 1 N–H and O–H groups in total. The number of anilines is 2. The summed E-state index contributed by atoms with van der Waals surface area (Å²) in [6.45, 7) is 4.73. The van der Waals surface area contributed by atoms with Crippen LogP contribution in [-0.2, 0) is 10.8 Å². The van der Waals surface area contributed by atoms with Gasteiger partial charge in [0, 0.05) is 38.7 Å². The van der Waals surface area contributed by atoms with Gasteiger partial charge in [0.1, 0.15) is 11.2 Å². The minimum atomic E-state index is -0.524. The highest BCUT2D eigenvalue weighted by Gasteiger charge is 2.47. The largest absolute Gasteiger partial charge is 0.456 e. The normalized spacial score (nSPS) is 14.0. The molecule has 1 heterocycles. The molecule has 0 radical (unpaired) electrons. The fourth-order valence-electron chi connectivity index (χ4n) is 11.4. The third-order valence-corrected chi connectivity index (χ3v) is 14.3. The molecule has 2 nitrogen and oxygen atoms in total. The molecule has 0 unspecified atom stereocenters. The van der Waals surface area contributed by atoms with E-state index in [1.165, 1.54) is 77.5 Å². The summed E-state index contributed by atoms with van der Waals surface area (Å²) < 4.78 is 6.56. The van der Waals surface area contributed by atoms with Gasteiger partial charge in [0.2, 0.25) is 0 Å². The monoisotopic (exact) mass is 817 g/mol. The highest BCUT2D eigenvalue weighted by atomic mass is 16.3. The number of benzene rings is 10. The predicted molar refractivity (Wildman–Crippen MR) is 267 cm³/mol. The summed E-state index contributed by atoms with van der Waals surface area (Å²) in [5.41, 5.74) is 20.9. The number of nitrogens with one attached hydrogen (secondary N) is 1. The average Bonchev–Trinajstić information content (AvgIpc) is 3.95. The maximum Gasteiger partial charge on any atom is 0.135 e. The second-order valence-corrected chi connectivity index (χ2v) is 18.0. The van der Waals surface area contributed by atoms with Gasteiger partial charge in [0.25, 0.3) is 0 Å². The molecule has 0 fully saturated rings. The van der Waals surface area contributed by atoms with E-state index in [0.717, 1.165) is 44.4 Å². The number of hydrogen-bond donors (Lipinski definition) is 1. The Labute approximate surface area is 373 Å². The molecule has 0 bridgehead atoms. The third-order valence-electron chi connectivity index (χ3n) is 14.3. The van der Waals surface area contributed by atoms with Crippen LogP contribution in [0.15, 0.2) is 223 Å². The lowest BCUT2D eigenvalue weighted by Gasteiger charge is -2.35. The van der Waals surface area contributed by atoms with Crippen LogP contribution in [0.4, 0.5) is 11.4 Å². The Hall–Kier alpha value is -7.94. The van der Waals surface area contributed by atoms with Crippen molar-refractivity contribution >= 4 is 44.1 Å². The SMILES string of the molecule is CC1(C)c2cc3ccccc3cc2-c2c(-c3ccc4oc5ccc(-c6ccccc6Nc6cccc7c6C(c6ccccc6)(c6ccccc6)c6ccccc6-7)cc5c4c3)cccc21. The Kier molecular flexibility index (Phi) is 7.90. The molecule has 0 saturated heterocycles. The molecule has 0 saturated carbocycles. The van der Waals surface area contributed by atoms with Crippen LogP contribution in [0, 0.1) is 0 Å². The van der Waals surface area contributed by atoms with Crippen LogP contribution in [0.3, 0.4) is 0 Å². The summed E-state index contributed by atoms with van der Waals surface area (Å²) in [5.74, 6) is 0. The lowest BCUT2D eigenvalue weighted by Crippen LogP contribution is -2.29. The first-order chi connectivity index (χ1) is 31.5. The minimum Gasteiger partial charge on any atom is -0.456 e. The van der Waals surface area contributed by atoms with E-state index in [1.54, 1.807) is 0 Å². The van der Waals surface area contributed by atoms with E-state index in [4.69, 9.17) is 4.42 Å². The molecule has 2 aliphatic rings. The fourth-order valence-corrected chi connectivity index (χ4v) is 11.4. The van der Waals surface area contributed by atoms with Crippen molar-refractivity contribution in [3.05, 3.63) is 252 Å². The first kappa shape index (κ1) is 36.7. The Bertz CT molecular complexity index is 3630. The third kappa shape index (κ3) is 5.20. The Morgan fingerprint density at radius 1 is 0.375 bits per heavy atom. The van der Waals surface area contributed by atoms with E-state index in [2.05, 4.69) is 238 Å². The van der Waals surface area contributed by atoms with E-state index in [-0.39, 0.29) is 5.41 Å². The van der Waals surface area contributed by atoms with Crippen LogP contribution in [-0.4, -0.2) is 0 Å². The molecule has 0 spiro atoms. The van der Waals surface area contributed by atoms with Crippen molar-refractivity contribution < 1.29 is 4.42 Å². The smallest absolute Gasteiger partial charge is 0.135 e. The molecule has 0 atom stereocenters. The first-order valence-corrected chi connectivity index (χ1v) is 22.3. The number of para-hydroxylation sites is 1. The molecule has 13 rings (SSSR count). The fraction of sp³-hybridized carbons (Fsp3) is 0.0645. The number of hydrogen-bond acceptors (Lipinski definition) is 2. The molecule has 2 aliphatic carbocycles. The molecule has 2 heteroatoms. The Balaban J connectivity index is 0.944. The average molecular weight is 818 g/mol. The van der Waals surface area contributed by atoms with Crippen LogP contribution < -0.4 is 5.32 Å². The summed E-state index contributed by atoms with van der Waals surface area (Å²) in [4.78, 5) is 0. The first-order valence-electron chi connectivity index (χ1n) is 22.3. The lowest BCUT2D eigenvalue weighted by molar-refractivity contribution is 0.661. The Morgan fingerprint density at radius 3 is 1.62 bits per heavy atom. The standard InChI is InChI=1S/C62H43NO/c1-61(2)53-28-15-25-46(59(53)51-35-39-17-9-10-18-40(39)38-54(51)61)42-32-34-58-50(37-42)49-36-41(31-33-57(49)64-58)45-23-12-14-29-55(45)63-56-30-16-26-48-47-24-11-13-27-52(47)62(60(48)56,43-19-5-3-6-20-43)44-21-7-4-8-22-44/h3-38,63H,1-2H3. The zero-order valence-corrected chi connectivity index (χ0v) is 35.7. The van der Waals surface area contributed by atoms with Crippen LogP contribution in [0.5, 0.6) is 0 Å². The zero-order valence-electron chi connectivity index (χ0n) is 35.7. The van der Waals surface area contributed by atoms with Gasteiger partial charge in [-0.25, -0.2) is 0 Å². The van der Waals surface area contributed by atoms with Crippen LogP contribution in [0.25, 0.3) is 77.2 Å². The maximum absolute atomic E-state index is 6.56. The maximum atomic E-state index is 6.56. The van der Waals surface area contributed by atoms with E-state index >= 15 is 0 Å². The molecule has 1 aromatic heterocycles. The summed E-state index contributed by atoms with van der Waals surface area (Å²) in [7, 11) is 0. The Morgan fingerprint density at radius 2 is 0.906 bits per heavy atom. The predicted octanol–water partition coefficient (Wildman–Crippen LogP) is 16.5. The summed E-state index contributed by atoms with van der Waals surface area (Å²) in [6, 6.07) is 80.1. The van der Waals surface area contributed by atoms with Crippen molar-refractivity contribution in [2.45, 2.75) is 24.7 Å². The summed E-state index contributed by atoms with van der Waals surface area (Å²) >= 11 is 0. The molecular formula is C62H43NO. The number of rotatable bonds is 6. The van der Waals surface area contributed by atoms with Gasteiger partial charge < -0.3 is 9.73 Å². The minimum absolute atomic E-state index is 0.109. The number of fused-ring (bicyclic) bond motifs is 10. The van der Waals surface area contributed by atoms with E-state index in [9.17, 15) is 0 Å². The van der Waals surface area contributed by atoms with Gasteiger partial charge in [-0.05, 0) is 126 Å². The van der Waals surface area contributed by atoms with Gasteiger partial charge in [-0.1, -0.05) is 184 Å². The van der Waals surface area contributed by atoms with Crippen LogP contribution in [0.2, 0.25) is 0 Å². The van der Waals surface area contributed by atoms with E-state index in [1.807, 2.05) is 0 Å². The van der Waals surface area contributed by atoms with Crippen LogP contribution in [0.1, 0.15) is 47.2 Å². The van der Waals surface area contributed by atoms with Crippen molar-refractivity contribution in [1.29, 1.82) is 0 Å². The van der Waals surface area contributed by atoms with Crippen molar-refractivity contribution in [3.8, 4) is 44.5 Å². The molecule has 0 amide bonds. The van der Waals surface area contributed by atoms with Gasteiger partial charge in [0.15, 0.2) is 0 Å². The molecule has 11 aromatic rings. The van der Waals surface area contributed by atoms with E-state index in [0.29, 0.717) is 0 Å². The van der Waals surface area contributed by atoms with Gasteiger partial charge in [-0.2, -0.15) is 0 Å². The molecule has 302 valence electrons. The summed E-state index contributed by atoms with van der Waals surface area (Å²) in [5, 5.41) is 8.81. The van der Waals surface area contributed by atoms with Crippen LogP contribution >= 0.6 is 0 Å².